The first-order chi connectivity index (χ1) is 11.8. The number of benzene rings is 2. The van der Waals surface area contributed by atoms with Crippen molar-refractivity contribution in [3.63, 3.8) is 0 Å². The third-order valence-corrected chi connectivity index (χ3v) is 4.00. The van der Waals surface area contributed by atoms with Crippen LogP contribution in [0.1, 0.15) is 55.4 Å². The maximum Gasteiger partial charge on any atom is 0.0455 e. The van der Waals surface area contributed by atoms with Crippen LogP contribution in [0.5, 0.6) is 0 Å². The van der Waals surface area contributed by atoms with Gasteiger partial charge in [-0.25, -0.2) is 0 Å². The molecule has 2 aromatic carbocycles. The number of rotatable bonds is 1. The average molecular weight is 348 g/mol. The van der Waals surface area contributed by atoms with Gasteiger partial charge in [0.05, 0.1) is 0 Å². The van der Waals surface area contributed by atoms with Crippen molar-refractivity contribution >= 4 is 37.2 Å². The first kappa shape index (κ1) is 24.7. The van der Waals surface area contributed by atoms with Crippen LogP contribution in [0.15, 0.2) is 42.5 Å². The van der Waals surface area contributed by atoms with Crippen molar-refractivity contribution in [3.8, 4) is 0 Å². The average Bonchev–Trinajstić information content (AvgIpc) is 3.07. The fourth-order valence-corrected chi connectivity index (χ4v) is 3.26. The van der Waals surface area contributed by atoms with Gasteiger partial charge in [-0.05, 0) is 18.2 Å². The molecule has 0 aliphatic rings. The molecule has 136 valence electrons. The van der Waals surface area contributed by atoms with Crippen LogP contribution in [0.2, 0.25) is 0 Å². The lowest BCUT2D eigenvalue weighted by Gasteiger charge is -2.13. The molecule has 0 saturated carbocycles. The van der Waals surface area contributed by atoms with Crippen molar-refractivity contribution < 1.29 is 0 Å². The highest BCUT2D eigenvalue weighted by Crippen LogP contribution is 2.38. The highest BCUT2D eigenvalue weighted by atomic mass is 32.1. The zero-order valence-corrected chi connectivity index (χ0v) is 18.2. The Balaban J connectivity index is 0. The van der Waals surface area contributed by atoms with Gasteiger partial charge in [-0.3, -0.25) is 0 Å². The number of nitrogens with zero attached hydrogens (tertiary/aromatic N) is 1. The maximum atomic E-state index is 2.21. The Morgan fingerprint density at radius 1 is 0.625 bits per heavy atom. The van der Waals surface area contributed by atoms with Gasteiger partial charge in [-0.2, -0.15) is 0 Å². The predicted octanol–water partition coefficient (Wildman–Crippen LogP) is 8.23. The Bertz CT molecular complexity index is 653. The molecule has 0 N–H and O–H groups in total. The van der Waals surface area contributed by atoms with Gasteiger partial charge >= 0.3 is 0 Å². The second kappa shape index (κ2) is 15.0. The van der Waals surface area contributed by atoms with E-state index >= 15 is 0 Å². The van der Waals surface area contributed by atoms with Gasteiger partial charge in [0.25, 0.3) is 0 Å². The van der Waals surface area contributed by atoms with Gasteiger partial charge in [-0.15, -0.1) is 11.3 Å². The van der Waals surface area contributed by atoms with E-state index in [-0.39, 0.29) is 0 Å². The predicted molar refractivity (Wildman–Crippen MR) is 119 cm³/mol. The van der Waals surface area contributed by atoms with Crippen molar-refractivity contribution in [2.45, 2.75) is 55.4 Å². The number of hydrogen-bond acceptors (Lipinski definition) is 2. The summed E-state index contributed by atoms with van der Waals surface area (Å²) in [5, 5.41) is 2.75. The Kier molecular flexibility index (Phi) is 15.5. The van der Waals surface area contributed by atoms with E-state index in [1.54, 1.807) is 0 Å². The minimum Gasteiger partial charge on any atom is -0.377 e. The van der Waals surface area contributed by atoms with Crippen molar-refractivity contribution in [1.29, 1.82) is 0 Å². The standard InChI is InChI=1S/C14H13NS.4C2H6/c1-15(2)11-7-5-9-13-14(11)10-6-3-4-8-12(10)16-13;4*1-2/h3-9H,1-2H3;4*1-2H3. The molecule has 0 bridgehead atoms. The lowest BCUT2D eigenvalue weighted by atomic mass is 10.1. The van der Waals surface area contributed by atoms with Gasteiger partial charge in [0, 0.05) is 40.0 Å². The summed E-state index contributed by atoms with van der Waals surface area (Å²) in [7, 11) is 4.20. The zero-order valence-electron chi connectivity index (χ0n) is 17.4. The maximum absolute atomic E-state index is 2.21. The molecule has 0 saturated heterocycles. The number of thiophene rings is 1. The summed E-state index contributed by atoms with van der Waals surface area (Å²) >= 11 is 1.87. The van der Waals surface area contributed by atoms with Gasteiger partial charge in [0.15, 0.2) is 0 Å². The first-order valence-corrected chi connectivity index (χ1v) is 10.2. The van der Waals surface area contributed by atoms with E-state index in [1.165, 1.54) is 25.9 Å². The normalized spacial score (nSPS) is 8.42. The van der Waals surface area contributed by atoms with Crippen LogP contribution in [-0.4, -0.2) is 14.1 Å². The summed E-state index contributed by atoms with van der Waals surface area (Å²) in [5.74, 6) is 0. The molecule has 1 aromatic heterocycles. The highest BCUT2D eigenvalue weighted by molar-refractivity contribution is 7.25. The van der Waals surface area contributed by atoms with Gasteiger partial charge in [0.2, 0.25) is 0 Å². The van der Waals surface area contributed by atoms with Crippen molar-refractivity contribution in [3.05, 3.63) is 42.5 Å². The minimum absolute atomic E-state index is 1.30. The SMILES string of the molecule is CC.CC.CC.CC.CN(C)c1cccc2sc3ccccc3c12. The number of anilines is 1. The molecule has 1 nitrogen and oxygen atoms in total. The fraction of sp³-hybridized carbons (Fsp3) is 0.455. The third-order valence-electron chi connectivity index (χ3n) is 2.86. The van der Waals surface area contributed by atoms with E-state index in [0.717, 1.165) is 0 Å². The van der Waals surface area contributed by atoms with Crippen LogP contribution < -0.4 is 4.90 Å². The molecule has 3 rings (SSSR count). The van der Waals surface area contributed by atoms with Crippen molar-refractivity contribution in [2.75, 3.05) is 19.0 Å². The molecule has 3 aromatic rings. The van der Waals surface area contributed by atoms with E-state index in [4.69, 9.17) is 0 Å². The lowest BCUT2D eigenvalue weighted by Crippen LogP contribution is -2.08. The Hall–Kier alpha value is -1.54. The van der Waals surface area contributed by atoms with Crippen LogP contribution in [0, 0.1) is 0 Å². The molecule has 0 atom stereocenters. The molecule has 1 heterocycles. The van der Waals surface area contributed by atoms with Crippen LogP contribution in [0.25, 0.3) is 20.2 Å². The van der Waals surface area contributed by atoms with E-state index in [1.807, 2.05) is 66.7 Å². The largest absolute Gasteiger partial charge is 0.377 e. The summed E-state index contributed by atoms with van der Waals surface area (Å²) in [6, 6.07) is 15.1. The Morgan fingerprint density at radius 3 is 1.67 bits per heavy atom. The topological polar surface area (TPSA) is 3.24 Å². The Labute approximate surface area is 154 Å². The van der Waals surface area contributed by atoms with Crippen molar-refractivity contribution in [2.24, 2.45) is 0 Å². The summed E-state index contributed by atoms with van der Waals surface area (Å²) in [6.45, 7) is 16.0. The first-order valence-electron chi connectivity index (χ1n) is 9.35. The van der Waals surface area contributed by atoms with Crippen LogP contribution in [0.4, 0.5) is 5.69 Å². The molecule has 0 spiro atoms. The summed E-state index contributed by atoms with van der Waals surface area (Å²) in [6.07, 6.45) is 0. The fourth-order valence-electron chi connectivity index (χ4n) is 2.13. The smallest absolute Gasteiger partial charge is 0.0455 e. The monoisotopic (exact) mass is 347 g/mol. The lowest BCUT2D eigenvalue weighted by molar-refractivity contribution is 1.14. The molecular weight excluding hydrogens is 310 g/mol. The molecular formula is C22H37NS. The van der Waals surface area contributed by atoms with E-state index in [0.29, 0.717) is 0 Å². The van der Waals surface area contributed by atoms with Crippen LogP contribution in [0.3, 0.4) is 0 Å². The molecule has 24 heavy (non-hydrogen) atoms. The van der Waals surface area contributed by atoms with Gasteiger partial charge in [0.1, 0.15) is 0 Å². The van der Waals surface area contributed by atoms with E-state index < -0.39 is 0 Å². The highest BCUT2D eigenvalue weighted by Gasteiger charge is 2.09. The van der Waals surface area contributed by atoms with Gasteiger partial charge in [-0.1, -0.05) is 79.7 Å². The molecule has 0 radical (unpaired) electrons. The van der Waals surface area contributed by atoms with Crippen molar-refractivity contribution in [1.82, 2.24) is 0 Å². The zero-order chi connectivity index (χ0) is 19.1. The van der Waals surface area contributed by atoms with Crippen LogP contribution >= 0.6 is 11.3 Å². The molecule has 0 aliphatic heterocycles. The number of fused-ring (bicyclic) bond motifs is 3. The van der Waals surface area contributed by atoms with E-state index in [2.05, 4.69) is 61.5 Å². The molecule has 2 heteroatoms. The summed E-state index contributed by atoms with van der Waals surface area (Å²) < 4.78 is 2.74. The summed E-state index contributed by atoms with van der Waals surface area (Å²) in [4.78, 5) is 2.18. The van der Waals surface area contributed by atoms with Gasteiger partial charge < -0.3 is 4.90 Å². The second-order valence-electron chi connectivity index (χ2n) is 4.14. The Morgan fingerprint density at radius 2 is 1.12 bits per heavy atom. The molecule has 0 amide bonds. The number of hydrogen-bond donors (Lipinski definition) is 0. The molecule has 0 unspecified atom stereocenters. The quantitative estimate of drug-likeness (QED) is 0.428. The molecule has 0 fully saturated rings. The second-order valence-corrected chi connectivity index (χ2v) is 5.23. The van der Waals surface area contributed by atoms with E-state index in [9.17, 15) is 0 Å². The third kappa shape index (κ3) is 6.16. The summed E-state index contributed by atoms with van der Waals surface area (Å²) in [5.41, 5.74) is 1.30. The minimum atomic E-state index is 1.30. The van der Waals surface area contributed by atoms with Crippen LogP contribution in [-0.2, 0) is 0 Å². The molecule has 0 aliphatic carbocycles.